The van der Waals surface area contributed by atoms with Gasteiger partial charge in [0.2, 0.25) is 0 Å². The van der Waals surface area contributed by atoms with E-state index >= 15 is 0 Å². The van der Waals surface area contributed by atoms with E-state index in [9.17, 15) is 25.2 Å². The van der Waals surface area contributed by atoms with E-state index in [2.05, 4.69) is 97.9 Å². The van der Waals surface area contributed by atoms with Crippen molar-refractivity contribution in [3.63, 3.8) is 0 Å². The SMILES string of the molecule is CC(C)(C)c1ccnc(-c2cc(C(C)(C)C)ccn2)c1.F[P-](F)(F)(F)(F)F.[Ir].[c-]1ccccc1-c1ccccn1.[c-]1ccccc1-c1ccccn1. The number of rotatable bonds is 3. The maximum atomic E-state index is 9.87. The van der Waals surface area contributed by atoms with Crippen LogP contribution in [-0.4, -0.2) is 19.9 Å². The summed E-state index contributed by atoms with van der Waals surface area (Å²) in [6.07, 6.45) is 7.33. The van der Waals surface area contributed by atoms with Crippen molar-refractivity contribution in [1.82, 2.24) is 19.9 Å². The molecule has 0 amide bonds. The largest absolute Gasteiger partial charge is 0.305 e. The van der Waals surface area contributed by atoms with Gasteiger partial charge in [0.1, 0.15) is 0 Å². The summed E-state index contributed by atoms with van der Waals surface area (Å²) in [6, 6.07) is 42.1. The van der Waals surface area contributed by atoms with Crippen molar-refractivity contribution < 1.29 is 45.3 Å². The van der Waals surface area contributed by atoms with Gasteiger partial charge in [-0.1, -0.05) is 65.8 Å². The van der Waals surface area contributed by atoms with E-state index in [-0.39, 0.29) is 30.9 Å². The molecule has 0 saturated heterocycles. The molecule has 12 heteroatoms. The summed E-state index contributed by atoms with van der Waals surface area (Å²) in [5, 5.41) is 0. The summed E-state index contributed by atoms with van der Waals surface area (Å²) in [4.78, 5) is 17.4. The molecule has 52 heavy (non-hydrogen) atoms. The molecule has 4 nitrogen and oxygen atoms in total. The van der Waals surface area contributed by atoms with Crippen LogP contribution < -0.4 is 0 Å². The van der Waals surface area contributed by atoms with Crippen LogP contribution in [-0.2, 0) is 30.9 Å². The van der Waals surface area contributed by atoms with E-state index in [4.69, 9.17) is 0 Å². The normalized spacial score (nSPS) is 12.4. The van der Waals surface area contributed by atoms with Gasteiger partial charge in [0, 0.05) is 44.9 Å². The first kappa shape index (κ1) is 43.9. The average Bonchev–Trinajstić information content (AvgIpc) is 3.08. The standard InChI is InChI=1S/C18H24N2.2C11H8N.F6P.Ir/c1-17(2,3)13-7-9-19-15(11-13)16-12-14(8-10-20-16)18(4,5)6;2*1-2-6-10(7-3-1)11-8-4-5-9-12-11;1-7(2,3,4,5)6;/h7-12H,1-6H3;2*1-6,8-9H;;/q;3*-1;. The molecule has 0 unspecified atom stereocenters. The van der Waals surface area contributed by atoms with Crippen LogP contribution in [0, 0.1) is 12.1 Å². The first-order chi connectivity index (χ1) is 23.6. The third-order valence-electron chi connectivity index (χ3n) is 6.81. The number of benzene rings is 2. The molecule has 0 saturated carbocycles. The predicted octanol–water partition coefficient (Wildman–Crippen LogP) is 13.2. The first-order valence-corrected chi connectivity index (χ1v) is 17.9. The first-order valence-electron chi connectivity index (χ1n) is 15.8. The molecule has 6 rings (SSSR count). The average molecular weight is 914 g/mol. The van der Waals surface area contributed by atoms with Crippen molar-refractivity contribution in [3.8, 4) is 33.9 Å². The summed E-state index contributed by atoms with van der Waals surface area (Å²) >= 11 is 0. The molecule has 0 fully saturated rings. The second-order valence-corrected chi connectivity index (χ2v) is 15.2. The maximum absolute atomic E-state index is 10.7. The molecule has 2 aromatic carbocycles. The molecule has 0 spiro atoms. The Labute approximate surface area is 315 Å². The van der Waals surface area contributed by atoms with Crippen LogP contribution in [0.2, 0.25) is 0 Å². The van der Waals surface area contributed by atoms with Crippen molar-refractivity contribution in [1.29, 1.82) is 0 Å². The molecular weight excluding hydrogens is 874 g/mol. The van der Waals surface area contributed by atoms with E-state index in [1.54, 1.807) is 12.4 Å². The Hall–Kier alpha value is -4.30. The molecule has 0 aliphatic carbocycles. The van der Waals surface area contributed by atoms with Crippen molar-refractivity contribution >= 4 is 7.81 Å². The van der Waals surface area contributed by atoms with Crippen LogP contribution in [0.3, 0.4) is 0 Å². The molecule has 0 atom stereocenters. The molecule has 1 radical (unpaired) electrons. The van der Waals surface area contributed by atoms with Gasteiger partial charge in [-0.25, -0.2) is 0 Å². The zero-order valence-electron chi connectivity index (χ0n) is 29.5. The fourth-order valence-corrected chi connectivity index (χ4v) is 4.22. The molecule has 0 bridgehead atoms. The molecule has 0 aliphatic rings. The Kier molecular flexibility index (Phi) is 14.7. The van der Waals surface area contributed by atoms with Crippen LogP contribution in [0.4, 0.5) is 25.2 Å². The Balaban J connectivity index is 0.000000254. The van der Waals surface area contributed by atoms with E-state index < -0.39 is 7.81 Å². The maximum Gasteiger partial charge on any atom is 0.0160 e. The van der Waals surface area contributed by atoms with Gasteiger partial charge in [-0.05, 0) is 69.7 Å². The number of hydrogen-bond acceptors (Lipinski definition) is 4. The zero-order valence-corrected chi connectivity index (χ0v) is 32.8. The minimum Gasteiger partial charge on any atom is -0.305 e. The number of aromatic nitrogens is 4. The van der Waals surface area contributed by atoms with Gasteiger partial charge in [-0.2, -0.15) is 0 Å². The zero-order chi connectivity index (χ0) is 37.8. The van der Waals surface area contributed by atoms with Gasteiger partial charge < -0.3 is 9.97 Å². The Morgan fingerprint density at radius 3 is 1.04 bits per heavy atom. The van der Waals surface area contributed by atoms with Gasteiger partial charge in [0.05, 0.1) is 11.4 Å². The fraction of sp³-hybridized carbons (Fsp3) is 0.200. The Morgan fingerprint density at radius 2 is 0.769 bits per heavy atom. The molecular formula is C40H40F6IrN4P-3. The van der Waals surface area contributed by atoms with Crippen LogP contribution in [0.25, 0.3) is 33.9 Å². The Morgan fingerprint density at radius 1 is 0.442 bits per heavy atom. The molecule has 0 aliphatic heterocycles. The van der Waals surface area contributed by atoms with Crippen LogP contribution in [0.1, 0.15) is 52.7 Å². The molecule has 6 aromatic rings. The summed E-state index contributed by atoms with van der Waals surface area (Å²) in [5.41, 5.74) is 8.73. The summed E-state index contributed by atoms with van der Waals surface area (Å²) < 4.78 is 59.2. The van der Waals surface area contributed by atoms with Crippen LogP contribution >= 0.6 is 7.81 Å². The fourth-order valence-electron chi connectivity index (χ4n) is 4.22. The number of hydrogen-bond donors (Lipinski definition) is 0. The quantitative estimate of drug-likeness (QED) is 0.101. The van der Waals surface area contributed by atoms with Gasteiger partial charge in [-0.3, -0.25) is 9.97 Å². The van der Waals surface area contributed by atoms with Crippen molar-refractivity contribution in [3.05, 3.63) is 157 Å². The van der Waals surface area contributed by atoms with E-state index in [0.717, 1.165) is 33.9 Å². The monoisotopic (exact) mass is 914 g/mol. The Bertz CT molecular complexity index is 1720. The van der Waals surface area contributed by atoms with Crippen molar-refractivity contribution in [2.24, 2.45) is 0 Å². The molecule has 4 aromatic heterocycles. The van der Waals surface area contributed by atoms with Gasteiger partial charge in [0.15, 0.2) is 0 Å². The third kappa shape index (κ3) is 17.8. The summed E-state index contributed by atoms with van der Waals surface area (Å²) in [5.74, 6) is 0. The van der Waals surface area contributed by atoms with Crippen LogP contribution in [0.5, 0.6) is 0 Å². The van der Waals surface area contributed by atoms with Crippen LogP contribution in [0.15, 0.2) is 134 Å². The van der Waals surface area contributed by atoms with Gasteiger partial charge in [0.25, 0.3) is 0 Å². The minimum atomic E-state index is -10.7. The summed E-state index contributed by atoms with van der Waals surface area (Å²) in [6.45, 7) is 13.3. The van der Waals surface area contributed by atoms with Crippen molar-refractivity contribution in [2.75, 3.05) is 0 Å². The second kappa shape index (κ2) is 17.5. The van der Waals surface area contributed by atoms with Gasteiger partial charge in [-0.15, -0.1) is 71.8 Å². The summed E-state index contributed by atoms with van der Waals surface area (Å²) in [7, 11) is -10.7. The second-order valence-electron chi connectivity index (χ2n) is 13.3. The number of pyridine rings is 4. The molecule has 0 N–H and O–H groups in total. The third-order valence-corrected chi connectivity index (χ3v) is 6.81. The van der Waals surface area contributed by atoms with E-state index in [0.29, 0.717) is 0 Å². The topological polar surface area (TPSA) is 51.6 Å². The van der Waals surface area contributed by atoms with Crippen molar-refractivity contribution in [2.45, 2.75) is 52.4 Å². The predicted molar refractivity (Wildman–Crippen MR) is 195 cm³/mol. The molecule has 279 valence electrons. The minimum absolute atomic E-state index is 0. The van der Waals surface area contributed by atoms with E-state index in [1.165, 1.54) is 11.1 Å². The van der Waals surface area contributed by atoms with Gasteiger partial charge >= 0.3 is 33.0 Å². The number of halogens is 6. The molecule has 4 heterocycles. The van der Waals surface area contributed by atoms with E-state index in [1.807, 2.05) is 97.3 Å². The number of nitrogens with zero attached hydrogens (tertiary/aromatic N) is 4. The smallest absolute Gasteiger partial charge is 0.0160 e.